The number of amides is 1. The molecule has 1 amide bonds. The fourth-order valence-electron chi connectivity index (χ4n) is 4.06. The zero-order valence-electron chi connectivity index (χ0n) is 19.3. The van der Waals surface area contributed by atoms with Gasteiger partial charge in [0.2, 0.25) is 0 Å². The SMILES string of the molecule is COc1cccc(C2/C(=C(\O)c3cc(OC)ccc3Cl)C(=O)C(=O)N2c2ccc(C)c(C)c2)c1. The average molecular weight is 478 g/mol. The molecule has 1 fully saturated rings. The molecule has 1 aliphatic rings. The summed E-state index contributed by atoms with van der Waals surface area (Å²) in [4.78, 5) is 28.1. The molecule has 0 bridgehead atoms. The van der Waals surface area contributed by atoms with E-state index < -0.39 is 17.7 Å². The van der Waals surface area contributed by atoms with E-state index in [2.05, 4.69) is 0 Å². The quantitative estimate of drug-likeness (QED) is 0.294. The Morgan fingerprint density at radius 2 is 1.62 bits per heavy atom. The summed E-state index contributed by atoms with van der Waals surface area (Å²) in [5, 5.41) is 11.6. The molecule has 4 rings (SSSR count). The molecular weight excluding hydrogens is 454 g/mol. The van der Waals surface area contributed by atoms with Crippen molar-refractivity contribution in [2.75, 3.05) is 19.1 Å². The predicted octanol–water partition coefficient (Wildman–Crippen LogP) is 5.60. The molecule has 0 spiro atoms. The fraction of sp³-hybridized carbons (Fsp3) is 0.185. The van der Waals surface area contributed by atoms with Crippen LogP contribution >= 0.6 is 11.6 Å². The van der Waals surface area contributed by atoms with E-state index in [-0.39, 0.29) is 21.9 Å². The number of carbonyl (C=O) groups is 2. The van der Waals surface area contributed by atoms with Crippen LogP contribution in [0.1, 0.15) is 28.3 Å². The summed E-state index contributed by atoms with van der Waals surface area (Å²) < 4.78 is 10.6. The molecule has 6 nitrogen and oxygen atoms in total. The van der Waals surface area contributed by atoms with E-state index in [9.17, 15) is 14.7 Å². The Morgan fingerprint density at radius 1 is 0.912 bits per heavy atom. The Bertz CT molecular complexity index is 1330. The van der Waals surface area contributed by atoms with E-state index in [1.54, 1.807) is 42.5 Å². The van der Waals surface area contributed by atoms with Crippen molar-refractivity contribution in [3.05, 3.63) is 93.5 Å². The lowest BCUT2D eigenvalue weighted by Gasteiger charge is -2.26. The summed E-state index contributed by atoms with van der Waals surface area (Å²) in [6.45, 7) is 3.91. The zero-order chi connectivity index (χ0) is 24.6. The first-order valence-electron chi connectivity index (χ1n) is 10.6. The second kappa shape index (κ2) is 9.23. The topological polar surface area (TPSA) is 76.1 Å². The van der Waals surface area contributed by atoms with E-state index >= 15 is 0 Å². The third kappa shape index (κ3) is 4.01. The van der Waals surface area contributed by atoms with Gasteiger partial charge in [-0.1, -0.05) is 29.8 Å². The number of hydrogen-bond acceptors (Lipinski definition) is 5. The van der Waals surface area contributed by atoms with E-state index in [0.717, 1.165) is 11.1 Å². The summed E-state index contributed by atoms with van der Waals surface area (Å²) >= 11 is 6.36. The molecule has 174 valence electrons. The lowest BCUT2D eigenvalue weighted by Crippen LogP contribution is -2.29. The van der Waals surface area contributed by atoms with Crippen LogP contribution in [0.3, 0.4) is 0 Å². The highest BCUT2D eigenvalue weighted by Gasteiger charge is 2.47. The molecule has 0 aliphatic carbocycles. The molecule has 3 aromatic carbocycles. The van der Waals surface area contributed by atoms with E-state index in [1.807, 2.05) is 26.0 Å². The van der Waals surface area contributed by atoms with Crippen LogP contribution in [0, 0.1) is 13.8 Å². The smallest absolute Gasteiger partial charge is 0.300 e. The summed E-state index contributed by atoms with van der Waals surface area (Å²) in [6, 6.07) is 16.5. The van der Waals surface area contributed by atoms with Crippen molar-refractivity contribution in [1.29, 1.82) is 0 Å². The molecule has 3 aromatic rings. The summed E-state index contributed by atoms with van der Waals surface area (Å²) in [7, 11) is 3.03. The van der Waals surface area contributed by atoms with Gasteiger partial charge in [-0.15, -0.1) is 0 Å². The summed E-state index contributed by atoms with van der Waals surface area (Å²) in [5.74, 6) is -0.907. The summed E-state index contributed by atoms with van der Waals surface area (Å²) in [6.07, 6.45) is 0. The number of ether oxygens (including phenoxy) is 2. The Kier molecular flexibility index (Phi) is 6.35. The van der Waals surface area contributed by atoms with Crippen molar-refractivity contribution in [1.82, 2.24) is 0 Å². The molecule has 1 heterocycles. The number of nitrogens with zero attached hydrogens (tertiary/aromatic N) is 1. The van der Waals surface area contributed by atoms with Gasteiger partial charge in [0.1, 0.15) is 17.3 Å². The van der Waals surface area contributed by atoms with Gasteiger partial charge < -0.3 is 14.6 Å². The Balaban J connectivity index is 1.99. The van der Waals surface area contributed by atoms with Crippen molar-refractivity contribution >= 4 is 34.7 Å². The van der Waals surface area contributed by atoms with Crippen LogP contribution in [0.2, 0.25) is 5.02 Å². The number of Topliss-reactive ketones (excluding diaryl/α,β-unsaturated/α-hetero) is 1. The monoisotopic (exact) mass is 477 g/mol. The number of benzene rings is 3. The molecule has 0 aromatic heterocycles. The molecule has 0 radical (unpaired) electrons. The Morgan fingerprint density at radius 3 is 2.29 bits per heavy atom. The molecule has 1 atom stereocenters. The van der Waals surface area contributed by atoms with E-state index in [1.165, 1.54) is 25.2 Å². The van der Waals surface area contributed by atoms with Crippen molar-refractivity contribution in [2.45, 2.75) is 19.9 Å². The number of rotatable bonds is 5. The number of anilines is 1. The normalized spacial score (nSPS) is 17.2. The van der Waals surface area contributed by atoms with E-state index in [0.29, 0.717) is 22.7 Å². The highest BCUT2D eigenvalue weighted by atomic mass is 35.5. The lowest BCUT2D eigenvalue weighted by atomic mass is 9.94. The van der Waals surface area contributed by atoms with Gasteiger partial charge in [-0.3, -0.25) is 14.5 Å². The molecule has 1 saturated heterocycles. The maximum atomic E-state index is 13.3. The third-order valence-corrected chi connectivity index (χ3v) is 6.38. The Hall–Kier alpha value is -3.77. The first-order chi connectivity index (χ1) is 16.3. The molecule has 1 unspecified atom stereocenters. The zero-order valence-corrected chi connectivity index (χ0v) is 20.0. The highest BCUT2D eigenvalue weighted by Crippen LogP contribution is 2.44. The fourth-order valence-corrected chi connectivity index (χ4v) is 4.27. The van der Waals surface area contributed by atoms with Gasteiger partial charge in [-0.2, -0.15) is 0 Å². The number of hydrogen-bond donors (Lipinski definition) is 1. The largest absolute Gasteiger partial charge is 0.507 e. The number of ketones is 1. The second-order valence-corrected chi connectivity index (χ2v) is 8.47. The minimum absolute atomic E-state index is 0.0633. The average Bonchev–Trinajstić information content (AvgIpc) is 3.11. The molecule has 7 heteroatoms. The molecule has 1 N–H and O–H groups in total. The van der Waals surface area contributed by atoms with Crippen LogP contribution in [0.25, 0.3) is 5.76 Å². The number of carbonyl (C=O) groups excluding carboxylic acids is 2. The van der Waals surface area contributed by atoms with Gasteiger partial charge in [-0.05, 0) is 73.0 Å². The van der Waals surface area contributed by atoms with Crippen molar-refractivity contribution in [2.24, 2.45) is 0 Å². The van der Waals surface area contributed by atoms with Crippen LogP contribution in [-0.2, 0) is 9.59 Å². The molecule has 0 saturated carbocycles. The highest BCUT2D eigenvalue weighted by molar-refractivity contribution is 6.52. The Labute approximate surface area is 203 Å². The first-order valence-corrected chi connectivity index (χ1v) is 11.0. The van der Waals surface area contributed by atoms with Crippen molar-refractivity contribution in [3.63, 3.8) is 0 Å². The van der Waals surface area contributed by atoms with Crippen molar-refractivity contribution < 1.29 is 24.2 Å². The second-order valence-electron chi connectivity index (χ2n) is 8.06. The lowest BCUT2D eigenvalue weighted by molar-refractivity contribution is -0.132. The van der Waals surface area contributed by atoms with Crippen LogP contribution in [0.5, 0.6) is 11.5 Å². The van der Waals surface area contributed by atoms with Gasteiger partial charge >= 0.3 is 0 Å². The van der Waals surface area contributed by atoms with Crippen LogP contribution in [0.15, 0.2) is 66.2 Å². The van der Waals surface area contributed by atoms with Crippen LogP contribution in [-0.4, -0.2) is 31.0 Å². The van der Waals surface area contributed by atoms with E-state index in [4.69, 9.17) is 21.1 Å². The number of aliphatic hydroxyl groups is 1. The van der Waals surface area contributed by atoms with Crippen molar-refractivity contribution in [3.8, 4) is 11.5 Å². The van der Waals surface area contributed by atoms with Gasteiger partial charge in [0.15, 0.2) is 0 Å². The maximum absolute atomic E-state index is 13.3. The maximum Gasteiger partial charge on any atom is 0.300 e. The first kappa shape index (κ1) is 23.4. The predicted molar refractivity (Wildman–Crippen MR) is 132 cm³/mol. The van der Waals surface area contributed by atoms with Gasteiger partial charge in [0.25, 0.3) is 11.7 Å². The van der Waals surface area contributed by atoms with Gasteiger partial charge in [-0.25, -0.2) is 0 Å². The molecule has 34 heavy (non-hydrogen) atoms. The standard InChI is InChI=1S/C27H24ClNO5/c1-15-8-9-18(12-16(15)2)29-24(17-6-5-7-19(13-17)33-3)23(26(31)27(29)32)25(30)21-14-20(34-4)10-11-22(21)28/h5-14,24,30H,1-4H3/b25-23+. The number of aliphatic hydroxyl groups excluding tert-OH is 1. The van der Waals surface area contributed by atoms with Gasteiger partial charge in [0.05, 0.1) is 30.9 Å². The van der Waals surface area contributed by atoms with Crippen LogP contribution < -0.4 is 14.4 Å². The molecular formula is C27H24ClNO5. The third-order valence-electron chi connectivity index (χ3n) is 6.05. The van der Waals surface area contributed by atoms with Crippen LogP contribution in [0.4, 0.5) is 5.69 Å². The minimum Gasteiger partial charge on any atom is -0.507 e. The number of halogens is 1. The number of aryl methyl sites for hydroxylation is 2. The number of methoxy groups -OCH3 is 2. The molecule has 1 aliphatic heterocycles. The van der Waals surface area contributed by atoms with Gasteiger partial charge in [0, 0.05) is 11.3 Å². The summed E-state index contributed by atoms with van der Waals surface area (Å²) in [5.41, 5.74) is 3.32. The minimum atomic E-state index is -0.889.